The molecule has 6 heteroatoms. The van der Waals surface area contributed by atoms with E-state index in [1.807, 2.05) is 13.8 Å². The monoisotopic (exact) mass is 238 g/mol. The summed E-state index contributed by atoms with van der Waals surface area (Å²) in [6, 6.07) is -0.0672. The van der Waals surface area contributed by atoms with Crippen LogP contribution in [0.4, 0.5) is 13.2 Å². The molecular formula is C10H17F3N2O. The van der Waals surface area contributed by atoms with Gasteiger partial charge >= 0.3 is 6.18 Å². The van der Waals surface area contributed by atoms with Crippen LogP contribution in [0.5, 0.6) is 0 Å². The summed E-state index contributed by atoms with van der Waals surface area (Å²) < 4.78 is 36.2. The van der Waals surface area contributed by atoms with Gasteiger partial charge in [-0.05, 0) is 11.8 Å². The first-order valence-electron chi connectivity index (χ1n) is 5.22. The smallest absolute Gasteiger partial charge is 0.342 e. The number of piperidine rings is 1. The average Bonchev–Trinajstić information content (AvgIpc) is 2.06. The normalized spacial score (nSPS) is 25.6. The Labute approximate surface area is 92.8 Å². The van der Waals surface area contributed by atoms with Gasteiger partial charge in [0.1, 0.15) is 6.42 Å². The Morgan fingerprint density at radius 3 is 2.50 bits per heavy atom. The molecule has 1 fully saturated rings. The Hall–Kier alpha value is -0.780. The number of carbonyl (C=O) groups excluding carboxylic acids is 1. The van der Waals surface area contributed by atoms with Crippen molar-refractivity contribution in [1.29, 1.82) is 0 Å². The van der Waals surface area contributed by atoms with E-state index >= 15 is 0 Å². The van der Waals surface area contributed by atoms with Gasteiger partial charge in [0.2, 0.25) is 5.91 Å². The van der Waals surface area contributed by atoms with Crippen LogP contribution < -0.4 is 5.73 Å². The lowest BCUT2D eigenvalue weighted by molar-refractivity contribution is -0.163. The van der Waals surface area contributed by atoms with Gasteiger partial charge in [-0.3, -0.25) is 4.79 Å². The molecule has 0 aromatic carbocycles. The fourth-order valence-corrected chi connectivity index (χ4v) is 1.87. The van der Waals surface area contributed by atoms with Crippen molar-refractivity contribution >= 4 is 5.91 Å². The van der Waals surface area contributed by atoms with Gasteiger partial charge in [0, 0.05) is 19.1 Å². The summed E-state index contributed by atoms with van der Waals surface area (Å²) in [7, 11) is 0. The lowest BCUT2D eigenvalue weighted by Crippen LogP contribution is -2.54. The highest BCUT2D eigenvalue weighted by atomic mass is 19.4. The van der Waals surface area contributed by atoms with Crippen LogP contribution in [0.25, 0.3) is 0 Å². The quantitative estimate of drug-likeness (QED) is 0.753. The summed E-state index contributed by atoms with van der Waals surface area (Å²) in [6.07, 6.45) is -5.25. The largest absolute Gasteiger partial charge is 0.397 e. The van der Waals surface area contributed by atoms with E-state index < -0.39 is 18.5 Å². The number of nitrogens with two attached hydrogens (primary N) is 1. The lowest BCUT2D eigenvalue weighted by atomic mass is 9.79. The minimum absolute atomic E-state index is 0.0672. The minimum atomic E-state index is -4.43. The van der Waals surface area contributed by atoms with Crippen molar-refractivity contribution < 1.29 is 18.0 Å². The third kappa shape index (κ3) is 3.37. The van der Waals surface area contributed by atoms with Crippen LogP contribution in [-0.4, -0.2) is 36.1 Å². The van der Waals surface area contributed by atoms with Crippen LogP contribution in [0.2, 0.25) is 0 Å². The zero-order valence-electron chi connectivity index (χ0n) is 9.47. The van der Waals surface area contributed by atoms with Crippen molar-refractivity contribution in [1.82, 2.24) is 4.90 Å². The molecule has 1 unspecified atom stereocenters. The molecule has 0 saturated carbocycles. The Balaban J connectivity index is 2.60. The maximum atomic E-state index is 12.1. The molecule has 1 atom stereocenters. The van der Waals surface area contributed by atoms with E-state index in [1.54, 1.807) is 0 Å². The summed E-state index contributed by atoms with van der Waals surface area (Å²) in [4.78, 5) is 12.6. The van der Waals surface area contributed by atoms with Gasteiger partial charge < -0.3 is 10.6 Å². The molecule has 0 radical (unpaired) electrons. The van der Waals surface area contributed by atoms with Crippen molar-refractivity contribution in [2.75, 3.05) is 13.1 Å². The molecule has 1 heterocycles. The summed E-state index contributed by atoms with van der Waals surface area (Å²) in [5.41, 5.74) is 5.52. The molecule has 1 amide bonds. The van der Waals surface area contributed by atoms with Gasteiger partial charge in [-0.15, -0.1) is 0 Å². The predicted molar refractivity (Wildman–Crippen MR) is 53.6 cm³/mol. The van der Waals surface area contributed by atoms with Crippen molar-refractivity contribution in [3.63, 3.8) is 0 Å². The second-order valence-corrected chi connectivity index (χ2v) is 4.99. The first-order valence-corrected chi connectivity index (χ1v) is 5.22. The minimum Gasteiger partial charge on any atom is -0.342 e. The summed E-state index contributed by atoms with van der Waals surface area (Å²) >= 11 is 0. The van der Waals surface area contributed by atoms with E-state index in [0.29, 0.717) is 19.5 Å². The second-order valence-electron chi connectivity index (χ2n) is 4.99. The highest BCUT2D eigenvalue weighted by molar-refractivity contribution is 5.77. The van der Waals surface area contributed by atoms with Crippen molar-refractivity contribution in [2.24, 2.45) is 11.1 Å². The van der Waals surface area contributed by atoms with E-state index in [2.05, 4.69) is 0 Å². The third-order valence-electron chi connectivity index (χ3n) is 3.02. The topological polar surface area (TPSA) is 46.3 Å². The number of carbonyl (C=O) groups is 1. The molecule has 0 spiro atoms. The van der Waals surface area contributed by atoms with Crippen LogP contribution in [-0.2, 0) is 4.79 Å². The Bertz CT molecular complexity index is 276. The van der Waals surface area contributed by atoms with E-state index in [0.717, 1.165) is 0 Å². The molecular weight excluding hydrogens is 221 g/mol. The highest BCUT2D eigenvalue weighted by Crippen LogP contribution is 2.29. The van der Waals surface area contributed by atoms with Crippen molar-refractivity contribution in [3.05, 3.63) is 0 Å². The molecule has 1 aliphatic rings. The molecule has 1 rings (SSSR count). The molecule has 0 aromatic heterocycles. The fraction of sp³-hybridized carbons (Fsp3) is 0.900. The van der Waals surface area contributed by atoms with Gasteiger partial charge in [-0.1, -0.05) is 13.8 Å². The summed E-state index contributed by atoms with van der Waals surface area (Å²) in [6.45, 7) is 4.35. The van der Waals surface area contributed by atoms with Crippen LogP contribution >= 0.6 is 0 Å². The number of likely N-dealkylation sites (tertiary alicyclic amines) is 1. The number of alkyl halides is 3. The molecule has 0 aromatic rings. The molecule has 1 saturated heterocycles. The number of hydrogen-bond acceptors (Lipinski definition) is 2. The van der Waals surface area contributed by atoms with Crippen LogP contribution in [0.1, 0.15) is 26.7 Å². The Morgan fingerprint density at radius 2 is 2.06 bits per heavy atom. The van der Waals surface area contributed by atoms with E-state index in [1.165, 1.54) is 4.90 Å². The van der Waals surface area contributed by atoms with Gasteiger partial charge in [-0.2, -0.15) is 13.2 Å². The molecule has 3 nitrogen and oxygen atoms in total. The number of rotatable bonds is 1. The molecule has 94 valence electrons. The highest BCUT2D eigenvalue weighted by Gasteiger charge is 2.39. The van der Waals surface area contributed by atoms with E-state index in [-0.39, 0.29) is 11.5 Å². The van der Waals surface area contributed by atoms with Gasteiger partial charge in [0.05, 0.1) is 0 Å². The van der Waals surface area contributed by atoms with Gasteiger partial charge in [0.15, 0.2) is 0 Å². The van der Waals surface area contributed by atoms with E-state index in [4.69, 9.17) is 5.73 Å². The number of hydrogen-bond donors (Lipinski definition) is 1. The zero-order chi connectivity index (χ0) is 12.6. The number of amides is 1. The number of halogens is 3. The van der Waals surface area contributed by atoms with Gasteiger partial charge in [-0.25, -0.2) is 0 Å². The van der Waals surface area contributed by atoms with Crippen LogP contribution in [0, 0.1) is 5.41 Å². The molecule has 1 aliphatic heterocycles. The van der Waals surface area contributed by atoms with Crippen molar-refractivity contribution in [3.8, 4) is 0 Å². The molecule has 0 bridgehead atoms. The average molecular weight is 238 g/mol. The van der Waals surface area contributed by atoms with E-state index in [9.17, 15) is 18.0 Å². The zero-order valence-corrected chi connectivity index (χ0v) is 9.47. The first kappa shape index (κ1) is 13.3. The molecule has 0 aliphatic carbocycles. The third-order valence-corrected chi connectivity index (χ3v) is 3.02. The maximum Gasteiger partial charge on any atom is 0.397 e. The van der Waals surface area contributed by atoms with Crippen LogP contribution in [0.3, 0.4) is 0 Å². The Kier molecular flexibility index (Phi) is 3.52. The fourth-order valence-electron chi connectivity index (χ4n) is 1.87. The summed E-state index contributed by atoms with van der Waals surface area (Å²) in [5, 5.41) is 0. The van der Waals surface area contributed by atoms with Gasteiger partial charge in [0.25, 0.3) is 0 Å². The van der Waals surface area contributed by atoms with Crippen molar-refractivity contribution in [2.45, 2.75) is 38.9 Å². The summed E-state index contributed by atoms with van der Waals surface area (Å²) in [5.74, 6) is -0.854. The molecule has 2 N–H and O–H groups in total. The first-order chi connectivity index (χ1) is 7.12. The second kappa shape index (κ2) is 4.24. The predicted octanol–water partition coefficient (Wildman–Crippen LogP) is 1.52. The maximum absolute atomic E-state index is 12.1. The SMILES string of the molecule is CC1(C)CN(C(=O)CC(F)(F)F)CCC1N. The molecule has 16 heavy (non-hydrogen) atoms. The van der Waals surface area contributed by atoms with Crippen LogP contribution in [0.15, 0.2) is 0 Å². The standard InChI is InChI=1S/C10H17F3N2O/c1-9(2)6-15(4-3-7(9)14)8(16)5-10(11,12)13/h7H,3-6,14H2,1-2H3. The number of nitrogens with zero attached hydrogens (tertiary/aromatic N) is 1. The Morgan fingerprint density at radius 1 is 1.50 bits per heavy atom. The lowest BCUT2D eigenvalue weighted by Gasteiger charge is -2.42.